The molecule has 0 heterocycles. The maximum Gasteiger partial charge on any atom is 0.248 e. The van der Waals surface area contributed by atoms with Gasteiger partial charge in [0.25, 0.3) is 0 Å². The number of nitrogens with zero attached hydrogens (tertiary/aromatic N) is 1. The highest BCUT2D eigenvalue weighted by Gasteiger charge is 2.23. The Hall–Kier alpha value is -3.24. The van der Waals surface area contributed by atoms with Crippen molar-refractivity contribution in [2.75, 3.05) is 6.61 Å². The van der Waals surface area contributed by atoms with E-state index in [1.807, 2.05) is 0 Å². The first kappa shape index (κ1) is 24.0. The number of ketones is 1. The van der Waals surface area contributed by atoms with Gasteiger partial charge in [0, 0.05) is 6.42 Å². The van der Waals surface area contributed by atoms with E-state index in [0.717, 1.165) is 5.56 Å². The number of benzene rings is 2. The van der Waals surface area contributed by atoms with Crippen molar-refractivity contribution < 1.29 is 22.7 Å². The van der Waals surface area contributed by atoms with Crippen molar-refractivity contribution in [1.82, 2.24) is 4.72 Å². The van der Waals surface area contributed by atoms with Crippen LogP contribution >= 0.6 is 0 Å². The Morgan fingerprint density at radius 2 is 1.71 bits per heavy atom. The Labute approximate surface area is 181 Å². The van der Waals surface area contributed by atoms with Gasteiger partial charge in [-0.3, -0.25) is 9.59 Å². The van der Waals surface area contributed by atoms with Crippen LogP contribution in [0.4, 0.5) is 0 Å². The van der Waals surface area contributed by atoms with Crippen LogP contribution in [0.5, 0.6) is 5.75 Å². The van der Waals surface area contributed by atoms with Crippen molar-refractivity contribution >= 4 is 27.7 Å². The van der Waals surface area contributed by atoms with Gasteiger partial charge in [0.05, 0.1) is 17.5 Å². The van der Waals surface area contributed by atoms with E-state index >= 15 is 0 Å². The van der Waals surface area contributed by atoms with E-state index in [9.17, 15) is 18.0 Å². The predicted molar refractivity (Wildman–Crippen MR) is 117 cm³/mol. The third-order valence-electron chi connectivity index (χ3n) is 4.26. The van der Waals surface area contributed by atoms with Crippen LogP contribution in [0.1, 0.15) is 25.3 Å². The molecule has 0 radical (unpaired) electrons. The van der Waals surface area contributed by atoms with Crippen molar-refractivity contribution in [3.05, 3.63) is 60.2 Å². The smallest absolute Gasteiger partial charge is 0.248 e. The van der Waals surface area contributed by atoms with Gasteiger partial charge in [-0.1, -0.05) is 30.3 Å². The van der Waals surface area contributed by atoms with Crippen LogP contribution in [0.25, 0.3) is 0 Å². The molecule has 2 aromatic carbocycles. The number of nitrogens with one attached hydrogen (secondary N) is 1. The first-order valence-corrected chi connectivity index (χ1v) is 11.1. The van der Waals surface area contributed by atoms with E-state index in [1.165, 1.54) is 19.1 Å². The van der Waals surface area contributed by atoms with Crippen molar-refractivity contribution in [2.45, 2.75) is 37.1 Å². The number of rotatable bonds is 11. The van der Waals surface area contributed by atoms with Gasteiger partial charge < -0.3 is 16.2 Å². The Bertz CT molecular complexity index is 1020. The van der Waals surface area contributed by atoms with Gasteiger partial charge >= 0.3 is 0 Å². The number of nitrogens with two attached hydrogens (primary N) is 2. The third-order valence-corrected chi connectivity index (χ3v) is 5.75. The molecule has 0 bridgehead atoms. The molecule has 0 spiro atoms. The highest BCUT2D eigenvalue weighted by molar-refractivity contribution is 7.89. The van der Waals surface area contributed by atoms with Gasteiger partial charge in [-0.15, -0.1) is 0 Å². The van der Waals surface area contributed by atoms with Crippen LogP contribution in [0.3, 0.4) is 0 Å². The fraction of sp³-hybridized carbons (Fsp3) is 0.286. The molecule has 10 heteroatoms. The first-order chi connectivity index (χ1) is 14.7. The minimum atomic E-state index is -3.81. The largest absolute Gasteiger partial charge is 0.494 e. The van der Waals surface area contributed by atoms with E-state index in [0.29, 0.717) is 18.8 Å². The summed E-state index contributed by atoms with van der Waals surface area (Å²) in [4.78, 5) is 26.9. The number of amides is 1. The zero-order valence-electron chi connectivity index (χ0n) is 17.2. The fourth-order valence-corrected chi connectivity index (χ4v) is 3.97. The average Bonchev–Trinajstić information content (AvgIpc) is 2.72. The molecule has 0 aliphatic rings. The molecule has 166 valence electrons. The normalized spacial score (nSPS) is 12.0. The van der Waals surface area contributed by atoms with Gasteiger partial charge in [0.15, 0.2) is 5.96 Å². The Balaban J connectivity index is 1.91. The van der Waals surface area contributed by atoms with Crippen LogP contribution in [-0.2, 0) is 26.0 Å². The predicted octanol–water partition coefficient (Wildman–Crippen LogP) is 1.12. The third kappa shape index (κ3) is 8.19. The maximum atomic E-state index is 12.5. The number of sulfonamides is 1. The lowest BCUT2D eigenvalue weighted by Gasteiger charge is -2.16. The topological polar surface area (TPSA) is 154 Å². The number of carbonyl (C=O) groups is 2. The fourth-order valence-electron chi connectivity index (χ4n) is 2.69. The van der Waals surface area contributed by atoms with Crippen LogP contribution in [-0.4, -0.2) is 38.7 Å². The quantitative estimate of drug-likeness (QED) is 0.265. The molecule has 31 heavy (non-hydrogen) atoms. The molecule has 1 atom stereocenters. The molecule has 1 amide bonds. The van der Waals surface area contributed by atoms with Crippen LogP contribution in [0, 0.1) is 0 Å². The van der Waals surface area contributed by atoms with Gasteiger partial charge in [0.1, 0.15) is 11.5 Å². The highest BCUT2D eigenvalue weighted by Crippen LogP contribution is 2.16. The van der Waals surface area contributed by atoms with E-state index in [4.69, 9.17) is 16.2 Å². The summed E-state index contributed by atoms with van der Waals surface area (Å²) in [5.74, 6) is -0.379. The molecule has 9 nitrogen and oxygen atoms in total. The molecule has 0 saturated heterocycles. The molecule has 2 aromatic rings. The standard InChI is InChI=1S/C21H26N4O5S/c1-15(26)19(25-31(28,29)18-6-3-2-4-7-18)14-16-9-11-17(12-10-16)30-13-5-8-20(27)24-21(22)23/h2-4,6-7,9-12,19,25H,5,8,13-14H2,1H3,(H4,22,23,24,27). The number of Topliss-reactive ketones (excluding diaryl/α,β-unsaturated/α-hetero) is 1. The number of aliphatic imine (C=N–C) groups is 1. The average molecular weight is 447 g/mol. The van der Waals surface area contributed by atoms with Gasteiger partial charge in [-0.25, -0.2) is 13.1 Å². The SMILES string of the molecule is CC(=O)C(Cc1ccc(OCCCC(=O)N=C(N)N)cc1)NS(=O)(=O)c1ccccc1. The highest BCUT2D eigenvalue weighted by atomic mass is 32.2. The molecular formula is C21H26N4O5S. The van der Waals surface area contributed by atoms with Gasteiger partial charge in [-0.2, -0.15) is 4.99 Å². The van der Waals surface area contributed by atoms with E-state index in [2.05, 4.69) is 9.71 Å². The molecule has 1 unspecified atom stereocenters. The Morgan fingerprint density at radius 1 is 1.06 bits per heavy atom. The second kappa shape index (κ2) is 11.2. The number of hydrogen-bond acceptors (Lipinski definition) is 5. The first-order valence-electron chi connectivity index (χ1n) is 9.59. The second-order valence-corrected chi connectivity index (χ2v) is 8.54. The summed E-state index contributed by atoms with van der Waals surface area (Å²) in [7, 11) is -3.81. The lowest BCUT2D eigenvalue weighted by molar-refractivity contribution is -0.119. The maximum absolute atomic E-state index is 12.5. The molecule has 0 saturated carbocycles. The Kier molecular flexibility index (Phi) is 8.71. The Morgan fingerprint density at radius 3 is 2.29 bits per heavy atom. The number of guanidine groups is 1. The summed E-state index contributed by atoms with van der Waals surface area (Å²) in [5, 5.41) is 0. The zero-order chi connectivity index (χ0) is 22.9. The van der Waals surface area contributed by atoms with Crippen LogP contribution in [0.15, 0.2) is 64.5 Å². The minimum absolute atomic E-state index is 0.100. The number of ether oxygens (including phenoxy) is 1. The van der Waals surface area contributed by atoms with Crippen molar-refractivity contribution in [1.29, 1.82) is 0 Å². The van der Waals surface area contributed by atoms with Crippen molar-refractivity contribution in [2.24, 2.45) is 16.5 Å². The number of carbonyl (C=O) groups excluding carboxylic acids is 2. The summed E-state index contributed by atoms with van der Waals surface area (Å²) < 4.78 is 33.1. The van der Waals surface area contributed by atoms with Gasteiger partial charge in [-0.05, 0) is 49.6 Å². The molecule has 0 aliphatic carbocycles. The summed E-state index contributed by atoms with van der Waals surface area (Å²) >= 11 is 0. The molecule has 0 aromatic heterocycles. The van der Waals surface area contributed by atoms with Crippen LogP contribution < -0.4 is 20.9 Å². The molecule has 2 rings (SSSR count). The van der Waals surface area contributed by atoms with E-state index < -0.39 is 22.0 Å². The van der Waals surface area contributed by atoms with Crippen LogP contribution in [0.2, 0.25) is 0 Å². The zero-order valence-corrected chi connectivity index (χ0v) is 18.0. The molecule has 0 fully saturated rings. The van der Waals surface area contributed by atoms with E-state index in [1.54, 1.807) is 42.5 Å². The molecular weight excluding hydrogens is 420 g/mol. The molecule has 0 aliphatic heterocycles. The monoisotopic (exact) mass is 446 g/mol. The minimum Gasteiger partial charge on any atom is -0.494 e. The van der Waals surface area contributed by atoms with E-state index in [-0.39, 0.29) is 29.5 Å². The summed E-state index contributed by atoms with van der Waals surface area (Å²) in [6.07, 6.45) is 0.817. The number of hydrogen-bond donors (Lipinski definition) is 3. The van der Waals surface area contributed by atoms with Crippen molar-refractivity contribution in [3.63, 3.8) is 0 Å². The summed E-state index contributed by atoms with van der Waals surface area (Å²) in [6.45, 7) is 1.65. The lowest BCUT2D eigenvalue weighted by Crippen LogP contribution is -2.41. The van der Waals surface area contributed by atoms with Crippen molar-refractivity contribution in [3.8, 4) is 5.75 Å². The van der Waals surface area contributed by atoms with Gasteiger partial charge in [0.2, 0.25) is 15.9 Å². The summed E-state index contributed by atoms with van der Waals surface area (Å²) in [6, 6.07) is 13.9. The second-order valence-electron chi connectivity index (χ2n) is 6.83. The lowest BCUT2D eigenvalue weighted by atomic mass is 10.0. The molecule has 5 N–H and O–H groups in total. The summed E-state index contributed by atoms with van der Waals surface area (Å²) in [5.41, 5.74) is 11.0.